The molecule has 0 saturated carbocycles. The van der Waals surface area contributed by atoms with E-state index in [1.165, 1.54) is 28.8 Å². The quantitative estimate of drug-likeness (QED) is 0.374. The molecule has 0 bridgehead atoms. The van der Waals surface area contributed by atoms with Crippen molar-refractivity contribution >= 4 is 45.9 Å². The van der Waals surface area contributed by atoms with Crippen LogP contribution in [0.25, 0.3) is 16.7 Å². The first kappa shape index (κ1) is 23.4. The van der Waals surface area contributed by atoms with E-state index in [4.69, 9.17) is 0 Å². The van der Waals surface area contributed by atoms with Crippen LogP contribution in [0, 0.1) is 5.82 Å². The summed E-state index contributed by atoms with van der Waals surface area (Å²) in [6.07, 6.45) is 0.113. The Morgan fingerprint density at radius 3 is 2.53 bits per heavy atom. The molecule has 9 nitrogen and oxygen atoms in total. The van der Waals surface area contributed by atoms with Crippen LogP contribution in [0.3, 0.4) is 0 Å². The fourth-order valence-corrected chi connectivity index (χ4v) is 4.24. The summed E-state index contributed by atoms with van der Waals surface area (Å²) >= 11 is 1.16. The van der Waals surface area contributed by atoms with Gasteiger partial charge in [-0.2, -0.15) is 0 Å². The van der Waals surface area contributed by atoms with Crippen LogP contribution in [0.5, 0.6) is 0 Å². The minimum absolute atomic E-state index is 0.00186. The molecule has 0 radical (unpaired) electrons. The molecule has 2 amide bonds. The molecule has 176 valence electrons. The van der Waals surface area contributed by atoms with E-state index in [0.717, 1.165) is 11.8 Å². The number of rotatable bonds is 8. The summed E-state index contributed by atoms with van der Waals surface area (Å²) in [4.78, 5) is 37.7. The number of amides is 2. The SMILES string of the molecule is CC(C)NC(=O)CCn1c(=O)c2ccccc2n2c(SCC(=O)Nc3ccc(F)cc3)nnc12. The first-order valence-electron chi connectivity index (χ1n) is 10.7. The van der Waals surface area contributed by atoms with Gasteiger partial charge < -0.3 is 10.6 Å². The maximum Gasteiger partial charge on any atom is 0.262 e. The highest BCUT2D eigenvalue weighted by atomic mass is 32.2. The van der Waals surface area contributed by atoms with E-state index in [9.17, 15) is 18.8 Å². The third-order valence-electron chi connectivity index (χ3n) is 4.95. The predicted octanol–water partition coefficient (Wildman–Crippen LogP) is 2.83. The molecule has 0 aliphatic heterocycles. The van der Waals surface area contributed by atoms with Crippen molar-refractivity contribution in [2.75, 3.05) is 11.1 Å². The summed E-state index contributed by atoms with van der Waals surface area (Å²) in [7, 11) is 0. The van der Waals surface area contributed by atoms with Gasteiger partial charge in [-0.15, -0.1) is 10.2 Å². The minimum atomic E-state index is -0.387. The zero-order valence-corrected chi connectivity index (χ0v) is 19.4. The molecule has 0 aliphatic carbocycles. The largest absolute Gasteiger partial charge is 0.354 e. The number of carbonyl (C=O) groups is 2. The van der Waals surface area contributed by atoms with Crippen molar-refractivity contribution in [3.05, 3.63) is 64.7 Å². The second kappa shape index (κ2) is 10.0. The molecule has 0 fully saturated rings. The number of hydrogen-bond donors (Lipinski definition) is 2. The number of anilines is 1. The van der Waals surface area contributed by atoms with Gasteiger partial charge in [0.2, 0.25) is 17.6 Å². The number of carbonyl (C=O) groups excluding carboxylic acids is 2. The van der Waals surface area contributed by atoms with Crippen LogP contribution in [0.15, 0.2) is 58.5 Å². The van der Waals surface area contributed by atoms with Gasteiger partial charge in [0.05, 0.1) is 16.7 Å². The van der Waals surface area contributed by atoms with Crippen molar-refractivity contribution in [1.29, 1.82) is 0 Å². The van der Waals surface area contributed by atoms with Crippen LogP contribution in [-0.2, 0) is 16.1 Å². The van der Waals surface area contributed by atoms with E-state index in [0.29, 0.717) is 27.5 Å². The molecular weight excluding hydrogens is 459 g/mol. The fraction of sp³-hybridized carbons (Fsp3) is 0.261. The summed E-state index contributed by atoms with van der Waals surface area (Å²) in [5.74, 6) is -0.525. The molecule has 2 N–H and O–H groups in total. The molecular formula is C23H23FN6O3S. The van der Waals surface area contributed by atoms with E-state index in [1.807, 2.05) is 13.8 Å². The minimum Gasteiger partial charge on any atom is -0.354 e. The monoisotopic (exact) mass is 482 g/mol. The van der Waals surface area contributed by atoms with Gasteiger partial charge in [0.1, 0.15) is 5.82 Å². The van der Waals surface area contributed by atoms with Gasteiger partial charge in [0.15, 0.2) is 5.16 Å². The third-order valence-corrected chi connectivity index (χ3v) is 5.88. The van der Waals surface area contributed by atoms with Crippen LogP contribution >= 0.6 is 11.8 Å². The van der Waals surface area contributed by atoms with Gasteiger partial charge >= 0.3 is 0 Å². The molecule has 0 saturated heterocycles. The van der Waals surface area contributed by atoms with E-state index in [-0.39, 0.29) is 48.0 Å². The maximum absolute atomic E-state index is 13.1. The van der Waals surface area contributed by atoms with Crippen molar-refractivity contribution in [1.82, 2.24) is 24.5 Å². The molecule has 11 heteroatoms. The van der Waals surface area contributed by atoms with E-state index >= 15 is 0 Å². The number of nitrogens with zero attached hydrogens (tertiary/aromatic N) is 4. The number of halogens is 1. The molecule has 4 aromatic rings. The van der Waals surface area contributed by atoms with Crippen molar-refractivity contribution in [3.63, 3.8) is 0 Å². The average molecular weight is 483 g/mol. The number of fused-ring (bicyclic) bond motifs is 3. The standard InChI is InChI=1S/C23H23FN6O3S/c1-14(2)25-19(31)11-12-29-21(33)17-5-3-4-6-18(17)30-22(29)27-28-23(30)34-13-20(32)26-16-9-7-15(24)8-10-16/h3-10,14H,11-13H2,1-2H3,(H,25,31)(H,26,32). The first-order chi connectivity index (χ1) is 16.3. The number of aryl methyl sites for hydroxylation is 1. The molecule has 0 aliphatic rings. The lowest BCUT2D eigenvalue weighted by molar-refractivity contribution is -0.121. The zero-order valence-electron chi connectivity index (χ0n) is 18.6. The summed E-state index contributed by atoms with van der Waals surface area (Å²) in [5.41, 5.74) is 0.826. The van der Waals surface area contributed by atoms with Crippen LogP contribution in [0.4, 0.5) is 10.1 Å². The summed E-state index contributed by atoms with van der Waals surface area (Å²) in [6, 6.07) is 12.5. The number of nitrogens with one attached hydrogen (secondary N) is 2. The Morgan fingerprint density at radius 2 is 1.79 bits per heavy atom. The Bertz CT molecular complexity index is 1410. The lowest BCUT2D eigenvalue weighted by Gasteiger charge is -2.12. The van der Waals surface area contributed by atoms with Crippen LogP contribution in [0.2, 0.25) is 0 Å². The Hall–Kier alpha value is -3.73. The van der Waals surface area contributed by atoms with E-state index in [2.05, 4.69) is 20.8 Å². The third kappa shape index (κ3) is 5.09. The highest BCUT2D eigenvalue weighted by molar-refractivity contribution is 7.99. The maximum atomic E-state index is 13.1. The molecule has 2 heterocycles. The van der Waals surface area contributed by atoms with Crippen LogP contribution in [0.1, 0.15) is 20.3 Å². The molecule has 2 aromatic heterocycles. The van der Waals surface area contributed by atoms with E-state index < -0.39 is 0 Å². The fourth-order valence-electron chi connectivity index (χ4n) is 3.50. The number of thioether (sulfide) groups is 1. The van der Waals surface area contributed by atoms with Crippen molar-refractivity contribution in [2.24, 2.45) is 0 Å². The highest BCUT2D eigenvalue weighted by Crippen LogP contribution is 2.22. The number of para-hydroxylation sites is 1. The van der Waals surface area contributed by atoms with E-state index in [1.54, 1.807) is 28.7 Å². The Labute approximate surface area is 198 Å². The molecule has 34 heavy (non-hydrogen) atoms. The smallest absolute Gasteiger partial charge is 0.262 e. The molecule has 0 spiro atoms. The van der Waals surface area contributed by atoms with Gasteiger partial charge in [-0.05, 0) is 50.2 Å². The Morgan fingerprint density at radius 1 is 1.06 bits per heavy atom. The Balaban J connectivity index is 1.61. The average Bonchev–Trinajstić information content (AvgIpc) is 3.23. The second-order valence-corrected chi connectivity index (χ2v) is 8.85. The van der Waals surface area contributed by atoms with Crippen molar-refractivity contribution in [3.8, 4) is 0 Å². The highest BCUT2D eigenvalue weighted by Gasteiger charge is 2.18. The topological polar surface area (TPSA) is 110 Å². The lowest BCUT2D eigenvalue weighted by Crippen LogP contribution is -2.32. The van der Waals surface area contributed by atoms with Gasteiger partial charge in [-0.25, -0.2) is 4.39 Å². The van der Waals surface area contributed by atoms with Gasteiger partial charge in [-0.3, -0.25) is 23.4 Å². The molecule has 4 rings (SSSR count). The van der Waals surface area contributed by atoms with Gasteiger partial charge in [-0.1, -0.05) is 23.9 Å². The summed E-state index contributed by atoms with van der Waals surface area (Å²) in [5, 5.41) is 14.8. The van der Waals surface area contributed by atoms with Crippen molar-refractivity contribution < 1.29 is 14.0 Å². The number of aromatic nitrogens is 4. The number of benzene rings is 2. The van der Waals surface area contributed by atoms with Crippen LogP contribution in [-0.4, -0.2) is 42.8 Å². The second-order valence-electron chi connectivity index (χ2n) is 7.91. The summed E-state index contributed by atoms with van der Waals surface area (Å²) < 4.78 is 16.2. The number of hydrogen-bond acceptors (Lipinski definition) is 6. The molecule has 2 aromatic carbocycles. The van der Waals surface area contributed by atoms with Gasteiger partial charge in [0, 0.05) is 24.7 Å². The van der Waals surface area contributed by atoms with Crippen LogP contribution < -0.4 is 16.2 Å². The zero-order chi connectivity index (χ0) is 24.2. The normalized spacial score (nSPS) is 11.3. The van der Waals surface area contributed by atoms with Crippen molar-refractivity contribution in [2.45, 2.75) is 38.0 Å². The predicted molar refractivity (Wildman–Crippen MR) is 128 cm³/mol. The first-order valence-corrected chi connectivity index (χ1v) is 11.7. The molecule has 0 unspecified atom stereocenters. The van der Waals surface area contributed by atoms with Gasteiger partial charge in [0.25, 0.3) is 5.56 Å². The molecule has 0 atom stereocenters. The Kier molecular flexibility index (Phi) is 6.92. The lowest BCUT2D eigenvalue weighted by atomic mass is 10.2. The summed E-state index contributed by atoms with van der Waals surface area (Å²) in [6.45, 7) is 3.87.